The molecule has 0 spiro atoms. The number of rotatable bonds is 5. The smallest absolute Gasteiger partial charge is 0.144 e. The number of likely N-dealkylation sites (N-methyl/N-ethyl adjacent to an activating group) is 1. The van der Waals surface area contributed by atoms with Gasteiger partial charge in [0, 0.05) is 25.3 Å². The predicted octanol–water partition coefficient (Wildman–Crippen LogP) is 2.49. The lowest BCUT2D eigenvalue weighted by atomic mass is 10.1. The lowest BCUT2D eigenvalue weighted by molar-refractivity contribution is 0.185. The van der Waals surface area contributed by atoms with Gasteiger partial charge in [-0.15, -0.1) is 12.4 Å². The first-order valence-electron chi connectivity index (χ1n) is 7.87. The Labute approximate surface area is 144 Å². The summed E-state index contributed by atoms with van der Waals surface area (Å²) in [6, 6.07) is 10.7. The highest BCUT2D eigenvalue weighted by Gasteiger charge is 2.20. The molecule has 0 saturated carbocycles. The number of aromatic nitrogens is 2. The molecule has 5 nitrogen and oxygen atoms in total. The van der Waals surface area contributed by atoms with Gasteiger partial charge in [0.1, 0.15) is 11.4 Å². The van der Waals surface area contributed by atoms with Crippen LogP contribution in [0.4, 0.5) is 0 Å². The normalized spacial score (nSPS) is 18.4. The number of hydrogen-bond donors (Lipinski definition) is 1. The number of benzene rings is 1. The molecule has 1 fully saturated rings. The molecule has 1 aliphatic rings. The van der Waals surface area contributed by atoms with E-state index < -0.39 is 0 Å². The lowest BCUT2D eigenvalue weighted by Crippen LogP contribution is -2.44. The Hall–Kier alpha value is -1.56. The van der Waals surface area contributed by atoms with Crippen LogP contribution >= 0.6 is 12.4 Å². The molecule has 2 heterocycles. The van der Waals surface area contributed by atoms with Gasteiger partial charge >= 0.3 is 0 Å². The Balaban J connectivity index is 0.00000192. The third-order valence-corrected chi connectivity index (χ3v) is 4.33. The Morgan fingerprint density at radius 3 is 2.91 bits per heavy atom. The molecule has 1 aliphatic heterocycles. The number of likely N-dealkylation sites (tertiary alicyclic amines) is 1. The summed E-state index contributed by atoms with van der Waals surface area (Å²) in [6.07, 6.45) is 4.37. The monoisotopic (exact) mass is 336 g/mol. The molecule has 1 atom stereocenters. The zero-order valence-corrected chi connectivity index (χ0v) is 14.6. The van der Waals surface area contributed by atoms with Crippen LogP contribution in [0.2, 0.25) is 0 Å². The second-order valence-electron chi connectivity index (χ2n) is 5.77. The van der Waals surface area contributed by atoms with Crippen molar-refractivity contribution in [1.82, 2.24) is 20.0 Å². The Kier molecular flexibility index (Phi) is 6.45. The summed E-state index contributed by atoms with van der Waals surface area (Å²) in [5.41, 5.74) is 2.19. The van der Waals surface area contributed by atoms with Gasteiger partial charge in [-0.25, -0.2) is 4.68 Å². The van der Waals surface area contributed by atoms with E-state index in [0.717, 1.165) is 31.1 Å². The summed E-state index contributed by atoms with van der Waals surface area (Å²) in [5, 5.41) is 7.89. The van der Waals surface area contributed by atoms with Crippen LogP contribution in [-0.2, 0) is 6.54 Å². The molecule has 0 amide bonds. The van der Waals surface area contributed by atoms with Crippen molar-refractivity contribution >= 4 is 12.4 Å². The summed E-state index contributed by atoms with van der Waals surface area (Å²) < 4.78 is 7.45. The Morgan fingerprint density at radius 2 is 2.13 bits per heavy atom. The molecule has 0 aliphatic carbocycles. The maximum atomic E-state index is 5.46. The number of nitrogens with one attached hydrogen (secondary N) is 1. The van der Waals surface area contributed by atoms with Gasteiger partial charge in [0.05, 0.1) is 12.8 Å². The highest BCUT2D eigenvalue weighted by molar-refractivity contribution is 5.85. The minimum absolute atomic E-state index is 0. The minimum atomic E-state index is 0. The lowest BCUT2D eigenvalue weighted by Gasteiger charge is -2.32. The molecule has 1 saturated heterocycles. The van der Waals surface area contributed by atoms with Crippen LogP contribution in [0, 0.1) is 0 Å². The van der Waals surface area contributed by atoms with Gasteiger partial charge in [-0.3, -0.25) is 4.90 Å². The van der Waals surface area contributed by atoms with Crippen molar-refractivity contribution in [2.75, 3.05) is 27.2 Å². The molecule has 23 heavy (non-hydrogen) atoms. The number of halogens is 1. The molecule has 1 aromatic heterocycles. The molecular weight excluding hydrogens is 312 g/mol. The van der Waals surface area contributed by atoms with Crippen molar-refractivity contribution in [3.8, 4) is 11.4 Å². The highest BCUT2D eigenvalue weighted by atomic mass is 35.5. The van der Waals surface area contributed by atoms with Crippen LogP contribution in [0.1, 0.15) is 18.5 Å². The third-order valence-electron chi connectivity index (χ3n) is 4.33. The van der Waals surface area contributed by atoms with Crippen LogP contribution < -0.4 is 10.1 Å². The summed E-state index contributed by atoms with van der Waals surface area (Å²) in [6.45, 7) is 3.15. The van der Waals surface area contributed by atoms with Crippen molar-refractivity contribution < 1.29 is 4.74 Å². The van der Waals surface area contributed by atoms with E-state index in [4.69, 9.17) is 4.74 Å². The number of para-hydroxylation sites is 2. The second-order valence-corrected chi connectivity index (χ2v) is 5.77. The first kappa shape index (κ1) is 17.8. The van der Waals surface area contributed by atoms with Crippen molar-refractivity contribution in [2.45, 2.75) is 25.4 Å². The van der Waals surface area contributed by atoms with E-state index in [1.165, 1.54) is 18.5 Å². The number of nitrogens with zero attached hydrogens (tertiary/aromatic N) is 3. The molecule has 6 heteroatoms. The first-order chi connectivity index (χ1) is 10.8. The van der Waals surface area contributed by atoms with Gasteiger partial charge in [0.15, 0.2) is 0 Å². The Bertz CT molecular complexity index is 616. The zero-order chi connectivity index (χ0) is 15.4. The average molecular weight is 337 g/mol. The third kappa shape index (κ3) is 4.05. The van der Waals surface area contributed by atoms with E-state index in [1.54, 1.807) is 7.11 Å². The van der Waals surface area contributed by atoms with Crippen molar-refractivity contribution in [3.05, 3.63) is 42.2 Å². The van der Waals surface area contributed by atoms with E-state index in [-0.39, 0.29) is 12.4 Å². The maximum Gasteiger partial charge on any atom is 0.144 e. The number of piperidine rings is 1. The van der Waals surface area contributed by atoms with Crippen LogP contribution in [0.5, 0.6) is 5.75 Å². The molecule has 2 aromatic rings. The van der Waals surface area contributed by atoms with E-state index >= 15 is 0 Å². The van der Waals surface area contributed by atoms with Crippen LogP contribution in [0.15, 0.2) is 36.5 Å². The fourth-order valence-electron chi connectivity index (χ4n) is 3.14. The van der Waals surface area contributed by atoms with Crippen LogP contribution in [0.3, 0.4) is 0 Å². The standard InChI is InChI=1S/C17H24N4O.ClH/c1-18-14-6-5-11-20(12-14)13-15-9-10-19-21(15)16-7-3-4-8-17(16)22-2;/h3-4,7-10,14,18H,5-6,11-13H2,1-2H3;1H. The molecule has 1 unspecified atom stereocenters. The SMILES string of the molecule is CNC1CCCN(Cc2ccnn2-c2ccccc2OC)C1.Cl. The van der Waals surface area contributed by atoms with Crippen molar-refractivity contribution in [1.29, 1.82) is 0 Å². The van der Waals surface area contributed by atoms with E-state index in [0.29, 0.717) is 6.04 Å². The van der Waals surface area contributed by atoms with Gasteiger partial charge in [0.2, 0.25) is 0 Å². The Morgan fingerprint density at radius 1 is 1.30 bits per heavy atom. The van der Waals surface area contributed by atoms with Gasteiger partial charge in [-0.05, 0) is 44.6 Å². The van der Waals surface area contributed by atoms with Crippen LogP contribution in [0.25, 0.3) is 5.69 Å². The first-order valence-corrected chi connectivity index (χ1v) is 7.87. The molecule has 1 aromatic carbocycles. The molecule has 3 rings (SSSR count). The van der Waals surface area contributed by atoms with Gasteiger partial charge in [-0.1, -0.05) is 12.1 Å². The summed E-state index contributed by atoms with van der Waals surface area (Å²) >= 11 is 0. The van der Waals surface area contributed by atoms with Gasteiger partial charge in [0.25, 0.3) is 0 Å². The van der Waals surface area contributed by atoms with Gasteiger partial charge in [-0.2, -0.15) is 5.10 Å². The van der Waals surface area contributed by atoms with Crippen LogP contribution in [-0.4, -0.2) is 48.0 Å². The number of methoxy groups -OCH3 is 1. The zero-order valence-electron chi connectivity index (χ0n) is 13.7. The molecule has 0 radical (unpaired) electrons. The fraction of sp³-hybridized carbons (Fsp3) is 0.471. The van der Waals surface area contributed by atoms with Gasteiger partial charge < -0.3 is 10.1 Å². The van der Waals surface area contributed by atoms with E-state index in [2.05, 4.69) is 21.4 Å². The molecular formula is C17H25ClN4O. The van der Waals surface area contributed by atoms with E-state index in [9.17, 15) is 0 Å². The van der Waals surface area contributed by atoms with Crippen molar-refractivity contribution in [2.24, 2.45) is 0 Å². The van der Waals surface area contributed by atoms with Crippen molar-refractivity contribution in [3.63, 3.8) is 0 Å². The quantitative estimate of drug-likeness (QED) is 0.911. The summed E-state index contributed by atoms with van der Waals surface area (Å²) in [4.78, 5) is 2.49. The topological polar surface area (TPSA) is 42.3 Å². The predicted molar refractivity (Wildman–Crippen MR) is 94.7 cm³/mol. The molecule has 0 bridgehead atoms. The molecule has 1 N–H and O–H groups in total. The second kappa shape index (κ2) is 8.34. The number of ether oxygens (including phenoxy) is 1. The maximum absolute atomic E-state index is 5.46. The highest BCUT2D eigenvalue weighted by Crippen LogP contribution is 2.23. The largest absolute Gasteiger partial charge is 0.494 e. The number of hydrogen-bond acceptors (Lipinski definition) is 4. The summed E-state index contributed by atoms with van der Waals surface area (Å²) in [5.74, 6) is 0.846. The average Bonchev–Trinajstić information content (AvgIpc) is 3.03. The minimum Gasteiger partial charge on any atom is -0.494 e. The van der Waals surface area contributed by atoms with E-state index in [1.807, 2.05) is 42.2 Å². The molecule has 126 valence electrons. The fourth-order valence-corrected chi connectivity index (χ4v) is 3.14. The summed E-state index contributed by atoms with van der Waals surface area (Å²) in [7, 11) is 3.75.